The maximum atomic E-state index is 13.6. The highest BCUT2D eigenvalue weighted by atomic mass is 19.1. The molecule has 1 aromatic heterocycles. The van der Waals surface area contributed by atoms with Gasteiger partial charge in [-0.1, -0.05) is 31.1 Å². The highest BCUT2D eigenvalue weighted by Crippen LogP contribution is 2.45. The van der Waals surface area contributed by atoms with Crippen LogP contribution in [0.2, 0.25) is 0 Å². The fraction of sp³-hybridized carbons (Fsp3) is 0.562. The zero-order valence-electron chi connectivity index (χ0n) is 12.9. The van der Waals surface area contributed by atoms with Crippen LogP contribution in [0.4, 0.5) is 10.3 Å². The lowest BCUT2D eigenvalue weighted by atomic mass is 10.0. The minimum Gasteiger partial charge on any atom is -0.332 e. The van der Waals surface area contributed by atoms with Crippen molar-refractivity contribution in [3.8, 4) is 0 Å². The van der Waals surface area contributed by atoms with E-state index in [1.807, 2.05) is 10.7 Å². The van der Waals surface area contributed by atoms with Crippen LogP contribution in [0.15, 0.2) is 24.3 Å². The number of aromatic nitrogens is 4. The van der Waals surface area contributed by atoms with Gasteiger partial charge in [-0.15, -0.1) is 0 Å². The van der Waals surface area contributed by atoms with Crippen molar-refractivity contribution in [1.82, 2.24) is 20.2 Å². The third-order valence-corrected chi connectivity index (χ3v) is 4.86. The Morgan fingerprint density at radius 1 is 1.23 bits per heavy atom. The maximum absolute atomic E-state index is 13.6. The fourth-order valence-electron chi connectivity index (χ4n) is 3.53. The van der Waals surface area contributed by atoms with Gasteiger partial charge in [0.25, 0.3) is 0 Å². The van der Waals surface area contributed by atoms with E-state index in [2.05, 4.69) is 34.3 Å². The molecular formula is C16H20FN5. The van der Waals surface area contributed by atoms with E-state index < -0.39 is 0 Å². The second-order valence-electron chi connectivity index (χ2n) is 6.77. The molecule has 4 rings (SSSR count). The summed E-state index contributed by atoms with van der Waals surface area (Å²) in [6.07, 6.45) is 2.13. The molecule has 1 aromatic carbocycles. The Hall–Kier alpha value is -1.98. The molecule has 0 N–H and O–H groups in total. The number of rotatable bonds is 3. The van der Waals surface area contributed by atoms with E-state index >= 15 is 0 Å². The summed E-state index contributed by atoms with van der Waals surface area (Å²) in [6.45, 7) is 5.34. The Kier molecular flexibility index (Phi) is 3.13. The molecule has 1 aliphatic heterocycles. The van der Waals surface area contributed by atoms with Gasteiger partial charge in [-0.3, -0.25) is 0 Å². The molecule has 0 spiro atoms. The SMILES string of the molecule is CC1CC(c2cccc(F)c2)N(c2nnnn2C2CC2C)C1. The summed E-state index contributed by atoms with van der Waals surface area (Å²) in [5, 5.41) is 12.3. The van der Waals surface area contributed by atoms with E-state index in [0.29, 0.717) is 17.9 Å². The summed E-state index contributed by atoms with van der Waals surface area (Å²) < 4.78 is 15.5. The third-order valence-electron chi connectivity index (χ3n) is 4.86. The Balaban J connectivity index is 1.69. The fourth-order valence-corrected chi connectivity index (χ4v) is 3.53. The van der Waals surface area contributed by atoms with Crippen LogP contribution in [0, 0.1) is 17.7 Å². The molecule has 6 heteroatoms. The average Bonchev–Trinajstić information content (AvgIpc) is 2.90. The van der Waals surface area contributed by atoms with Crippen molar-refractivity contribution in [3.05, 3.63) is 35.6 Å². The summed E-state index contributed by atoms with van der Waals surface area (Å²) >= 11 is 0. The van der Waals surface area contributed by atoms with E-state index in [1.165, 1.54) is 6.07 Å². The first-order valence-corrected chi connectivity index (χ1v) is 7.93. The van der Waals surface area contributed by atoms with Crippen molar-refractivity contribution in [1.29, 1.82) is 0 Å². The molecule has 1 saturated carbocycles. The van der Waals surface area contributed by atoms with Crippen LogP contribution >= 0.6 is 0 Å². The minimum absolute atomic E-state index is 0.143. The molecule has 0 radical (unpaired) electrons. The largest absolute Gasteiger partial charge is 0.332 e. The predicted octanol–water partition coefficient (Wildman–Crippen LogP) is 2.98. The Bertz CT molecular complexity index is 685. The highest BCUT2D eigenvalue weighted by molar-refractivity contribution is 5.39. The topological polar surface area (TPSA) is 46.8 Å². The van der Waals surface area contributed by atoms with Crippen molar-refractivity contribution >= 4 is 5.95 Å². The molecular weight excluding hydrogens is 281 g/mol. The molecule has 2 fully saturated rings. The van der Waals surface area contributed by atoms with Gasteiger partial charge < -0.3 is 4.90 Å². The van der Waals surface area contributed by atoms with Gasteiger partial charge in [0.15, 0.2) is 0 Å². The minimum atomic E-state index is -0.188. The van der Waals surface area contributed by atoms with Crippen molar-refractivity contribution < 1.29 is 4.39 Å². The molecule has 2 heterocycles. The smallest absolute Gasteiger partial charge is 0.246 e. The van der Waals surface area contributed by atoms with Crippen LogP contribution in [0.25, 0.3) is 0 Å². The molecule has 1 aliphatic carbocycles. The average molecular weight is 301 g/mol. The standard InChI is InChI=1S/C16H20FN5/c1-10-6-15(12-4-3-5-13(17)8-12)21(9-10)16-18-19-20-22(16)14-7-11(14)2/h3-5,8,10-11,14-15H,6-7,9H2,1-2H3. The Morgan fingerprint density at radius 2 is 2.05 bits per heavy atom. The van der Waals surface area contributed by atoms with Crippen molar-refractivity contribution in [2.45, 2.75) is 38.8 Å². The molecule has 0 amide bonds. The van der Waals surface area contributed by atoms with Gasteiger partial charge in [-0.25, -0.2) is 9.07 Å². The molecule has 4 unspecified atom stereocenters. The molecule has 1 saturated heterocycles. The normalized spacial score (nSPS) is 30.8. The van der Waals surface area contributed by atoms with Crippen LogP contribution in [0.5, 0.6) is 0 Å². The van der Waals surface area contributed by atoms with Crippen molar-refractivity contribution in [2.75, 3.05) is 11.4 Å². The Morgan fingerprint density at radius 3 is 2.77 bits per heavy atom. The first-order valence-electron chi connectivity index (χ1n) is 7.93. The summed E-state index contributed by atoms with van der Waals surface area (Å²) in [5.74, 6) is 1.81. The van der Waals surface area contributed by atoms with Crippen LogP contribution in [-0.4, -0.2) is 26.8 Å². The number of anilines is 1. The summed E-state index contributed by atoms with van der Waals surface area (Å²) in [6, 6.07) is 7.44. The first kappa shape index (κ1) is 13.7. The molecule has 116 valence electrons. The molecule has 5 nitrogen and oxygen atoms in total. The number of hydrogen-bond acceptors (Lipinski definition) is 4. The van der Waals surface area contributed by atoms with Crippen LogP contribution < -0.4 is 4.90 Å². The number of tetrazole rings is 1. The number of benzene rings is 1. The molecule has 22 heavy (non-hydrogen) atoms. The molecule has 0 bridgehead atoms. The summed E-state index contributed by atoms with van der Waals surface area (Å²) in [5.41, 5.74) is 1.00. The quantitative estimate of drug-likeness (QED) is 0.874. The van der Waals surface area contributed by atoms with Gasteiger partial charge >= 0.3 is 0 Å². The highest BCUT2D eigenvalue weighted by Gasteiger charge is 2.41. The monoisotopic (exact) mass is 301 g/mol. The van der Waals surface area contributed by atoms with Crippen molar-refractivity contribution in [2.24, 2.45) is 11.8 Å². The van der Waals surface area contributed by atoms with Crippen LogP contribution in [0.3, 0.4) is 0 Å². The molecule has 2 aromatic rings. The van der Waals surface area contributed by atoms with E-state index in [0.717, 1.165) is 30.9 Å². The van der Waals surface area contributed by atoms with Gasteiger partial charge in [0.1, 0.15) is 5.82 Å². The lowest BCUT2D eigenvalue weighted by Crippen LogP contribution is -2.27. The lowest BCUT2D eigenvalue weighted by Gasteiger charge is -2.25. The lowest BCUT2D eigenvalue weighted by molar-refractivity contribution is 0.562. The second kappa shape index (κ2) is 5.04. The van der Waals surface area contributed by atoms with Crippen LogP contribution in [0.1, 0.15) is 44.3 Å². The Labute approximate surface area is 129 Å². The number of halogens is 1. The number of hydrogen-bond donors (Lipinski definition) is 0. The molecule has 4 atom stereocenters. The van der Waals surface area contributed by atoms with E-state index in [-0.39, 0.29) is 11.9 Å². The predicted molar refractivity (Wildman–Crippen MR) is 80.9 cm³/mol. The third kappa shape index (κ3) is 2.26. The van der Waals surface area contributed by atoms with Gasteiger partial charge in [0.2, 0.25) is 5.95 Å². The van der Waals surface area contributed by atoms with Gasteiger partial charge in [0, 0.05) is 6.54 Å². The van der Waals surface area contributed by atoms with E-state index in [1.54, 1.807) is 12.1 Å². The van der Waals surface area contributed by atoms with Crippen LogP contribution in [-0.2, 0) is 0 Å². The number of nitrogens with zero attached hydrogens (tertiary/aromatic N) is 5. The van der Waals surface area contributed by atoms with Gasteiger partial charge in [-0.05, 0) is 52.8 Å². The summed E-state index contributed by atoms with van der Waals surface area (Å²) in [4.78, 5) is 2.24. The van der Waals surface area contributed by atoms with Crippen molar-refractivity contribution in [3.63, 3.8) is 0 Å². The summed E-state index contributed by atoms with van der Waals surface area (Å²) in [7, 11) is 0. The molecule has 2 aliphatic rings. The van der Waals surface area contributed by atoms with Gasteiger partial charge in [-0.2, -0.15) is 0 Å². The van der Waals surface area contributed by atoms with E-state index in [9.17, 15) is 4.39 Å². The van der Waals surface area contributed by atoms with Gasteiger partial charge in [0.05, 0.1) is 12.1 Å². The zero-order valence-corrected chi connectivity index (χ0v) is 12.9. The first-order chi connectivity index (χ1) is 10.6. The maximum Gasteiger partial charge on any atom is 0.246 e. The zero-order chi connectivity index (χ0) is 15.3. The van der Waals surface area contributed by atoms with E-state index in [4.69, 9.17) is 0 Å². The second-order valence-corrected chi connectivity index (χ2v) is 6.77.